The quantitative estimate of drug-likeness (QED) is 0.865. The van der Waals surface area contributed by atoms with E-state index in [0.29, 0.717) is 19.7 Å². The predicted octanol–water partition coefficient (Wildman–Crippen LogP) is 3.09. The van der Waals surface area contributed by atoms with Gasteiger partial charge >= 0.3 is 6.03 Å². The zero-order chi connectivity index (χ0) is 13.9. The Morgan fingerprint density at radius 3 is 2.85 bits per heavy atom. The molecule has 2 aromatic carbocycles. The Kier molecular flexibility index (Phi) is 3.56. The number of amides is 2. The van der Waals surface area contributed by atoms with Gasteiger partial charge in [-0.1, -0.05) is 30.3 Å². The molecule has 2 aromatic rings. The number of carbonyl (C=O) groups is 1. The van der Waals surface area contributed by atoms with Crippen molar-refractivity contribution in [3.63, 3.8) is 0 Å². The summed E-state index contributed by atoms with van der Waals surface area (Å²) in [5, 5.41) is 5.25. The number of urea groups is 1. The van der Waals surface area contributed by atoms with Crippen molar-refractivity contribution >= 4 is 22.5 Å². The highest BCUT2D eigenvalue weighted by Gasteiger charge is 2.21. The molecule has 0 bridgehead atoms. The molecule has 0 saturated carbocycles. The molecule has 1 unspecified atom stereocenters. The van der Waals surface area contributed by atoms with Crippen LogP contribution in [0.1, 0.15) is 6.92 Å². The average Bonchev–Trinajstić information content (AvgIpc) is 2.47. The minimum Gasteiger partial charge on any atom is -0.375 e. The number of benzene rings is 2. The molecule has 0 spiro atoms. The first-order chi connectivity index (χ1) is 9.72. The highest BCUT2D eigenvalue weighted by molar-refractivity contribution is 5.93. The van der Waals surface area contributed by atoms with Crippen LogP contribution in [-0.4, -0.2) is 36.7 Å². The topological polar surface area (TPSA) is 41.6 Å². The number of morpholine rings is 1. The second-order valence-corrected chi connectivity index (χ2v) is 5.12. The third-order valence-corrected chi connectivity index (χ3v) is 3.53. The summed E-state index contributed by atoms with van der Waals surface area (Å²) in [5.41, 5.74) is 0.827. The minimum atomic E-state index is -0.0598. The predicted molar refractivity (Wildman–Crippen MR) is 80.0 cm³/mol. The summed E-state index contributed by atoms with van der Waals surface area (Å²) in [6, 6.07) is 14.0. The van der Waals surface area contributed by atoms with E-state index in [4.69, 9.17) is 4.74 Å². The number of nitrogens with one attached hydrogen (secondary N) is 1. The molecule has 2 amide bonds. The summed E-state index contributed by atoms with van der Waals surface area (Å²) in [5.74, 6) is 0. The van der Waals surface area contributed by atoms with E-state index < -0.39 is 0 Å². The molecular formula is C16H18N2O2. The Bertz CT molecular complexity index is 627. The van der Waals surface area contributed by atoms with Crippen molar-refractivity contribution in [1.29, 1.82) is 0 Å². The molecule has 104 valence electrons. The van der Waals surface area contributed by atoms with Crippen LogP contribution in [0.25, 0.3) is 10.8 Å². The third kappa shape index (κ3) is 2.75. The maximum Gasteiger partial charge on any atom is 0.322 e. The lowest BCUT2D eigenvalue weighted by molar-refractivity contribution is -0.00138. The smallest absolute Gasteiger partial charge is 0.322 e. The molecule has 1 aliphatic heterocycles. The molecule has 1 saturated heterocycles. The lowest BCUT2D eigenvalue weighted by Crippen LogP contribution is -2.46. The summed E-state index contributed by atoms with van der Waals surface area (Å²) in [6.07, 6.45) is 0.103. The van der Waals surface area contributed by atoms with Crippen LogP contribution in [0.2, 0.25) is 0 Å². The van der Waals surface area contributed by atoms with Crippen LogP contribution >= 0.6 is 0 Å². The number of ether oxygens (including phenoxy) is 1. The molecule has 4 nitrogen and oxygen atoms in total. The molecule has 1 aliphatic rings. The van der Waals surface area contributed by atoms with E-state index in [2.05, 4.69) is 11.4 Å². The van der Waals surface area contributed by atoms with Crippen molar-refractivity contribution in [3.05, 3.63) is 42.5 Å². The third-order valence-electron chi connectivity index (χ3n) is 3.53. The van der Waals surface area contributed by atoms with Crippen LogP contribution in [0.3, 0.4) is 0 Å². The number of rotatable bonds is 1. The SMILES string of the molecule is CC1CN(C(=O)Nc2ccc3ccccc3c2)CCO1. The second kappa shape index (κ2) is 5.51. The van der Waals surface area contributed by atoms with Gasteiger partial charge in [0.05, 0.1) is 12.7 Å². The Labute approximate surface area is 118 Å². The minimum absolute atomic E-state index is 0.0598. The molecular weight excluding hydrogens is 252 g/mol. The van der Waals surface area contributed by atoms with Crippen molar-refractivity contribution in [2.75, 3.05) is 25.0 Å². The van der Waals surface area contributed by atoms with Crippen LogP contribution in [0.4, 0.5) is 10.5 Å². The average molecular weight is 270 g/mol. The highest BCUT2D eigenvalue weighted by atomic mass is 16.5. The molecule has 3 rings (SSSR count). The summed E-state index contributed by atoms with van der Waals surface area (Å²) in [7, 11) is 0. The number of anilines is 1. The van der Waals surface area contributed by atoms with Crippen molar-refractivity contribution in [1.82, 2.24) is 4.90 Å². The van der Waals surface area contributed by atoms with Crippen LogP contribution in [0, 0.1) is 0 Å². The lowest BCUT2D eigenvalue weighted by Gasteiger charge is -2.31. The molecule has 1 N–H and O–H groups in total. The Hall–Kier alpha value is -2.07. The van der Waals surface area contributed by atoms with E-state index in [0.717, 1.165) is 11.1 Å². The van der Waals surface area contributed by atoms with Gasteiger partial charge < -0.3 is 15.0 Å². The van der Waals surface area contributed by atoms with Gasteiger partial charge in [0.25, 0.3) is 0 Å². The first-order valence-corrected chi connectivity index (χ1v) is 6.89. The first kappa shape index (κ1) is 12.9. The van der Waals surface area contributed by atoms with Crippen LogP contribution in [-0.2, 0) is 4.74 Å². The molecule has 1 fully saturated rings. The van der Waals surface area contributed by atoms with Gasteiger partial charge in [-0.15, -0.1) is 0 Å². The van der Waals surface area contributed by atoms with Crippen molar-refractivity contribution in [2.45, 2.75) is 13.0 Å². The summed E-state index contributed by atoms with van der Waals surface area (Å²) >= 11 is 0. The summed E-state index contributed by atoms with van der Waals surface area (Å²) in [6.45, 7) is 3.87. The first-order valence-electron chi connectivity index (χ1n) is 6.89. The molecule has 20 heavy (non-hydrogen) atoms. The van der Waals surface area contributed by atoms with E-state index in [1.165, 1.54) is 5.39 Å². The van der Waals surface area contributed by atoms with Crippen molar-refractivity contribution in [2.24, 2.45) is 0 Å². The maximum absolute atomic E-state index is 12.2. The normalized spacial score (nSPS) is 19.1. The van der Waals surface area contributed by atoms with Crippen molar-refractivity contribution in [3.8, 4) is 0 Å². The van der Waals surface area contributed by atoms with Gasteiger partial charge in [0, 0.05) is 18.8 Å². The summed E-state index contributed by atoms with van der Waals surface area (Å²) < 4.78 is 5.44. The zero-order valence-corrected chi connectivity index (χ0v) is 11.5. The van der Waals surface area contributed by atoms with E-state index in [1.54, 1.807) is 4.90 Å². The standard InChI is InChI=1S/C16H18N2O2/c1-12-11-18(8-9-20-12)16(19)17-15-7-6-13-4-2-3-5-14(13)10-15/h2-7,10,12H,8-9,11H2,1H3,(H,17,19). The van der Waals surface area contributed by atoms with Gasteiger partial charge in [0.2, 0.25) is 0 Å². The summed E-state index contributed by atoms with van der Waals surface area (Å²) in [4.78, 5) is 14.0. The molecule has 4 heteroatoms. The van der Waals surface area contributed by atoms with E-state index in [-0.39, 0.29) is 12.1 Å². The van der Waals surface area contributed by atoms with Gasteiger partial charge in [-0.2, -0.15) is 0 Å². The van der Waals surface area contributed by atoms with Gasteiger partial charge in [0.1, 0.15) is 0 Å². The number of fused-ring (bicyclic) bond motifs is 1. The van der Waals surface area contributed by atoms with E-state index in [1.807, 2.05) is 43.3 Å². The van der Waals surface area contributed by atoms with Crippen LogP contribution in [0.5, 0.6) is 0 Å². The fraction of sp³-hybridized carbons (Fsp3) is 0.312. The number of carbonyl (C=O) groups excluding carboxylic acids is 1. The highest BCUT2D eigenvalue weighted by Crippen LogP contribution is 2.19. The fourth-order valence-corrected chi connectivity index (χ4v) is 2.47. The number of nitrogens with zero attached hydrogens (tertiary/aromatic N) is 1. The maximum atomic E-state index is 12.2. The molecule has 0 aromatic heterocycles. The van der Waals surface area contributed by atoms with Crippen LogP contribution < -0.4 is 5.32 Å². The van der Waals surface area contributed by atoms with Crippen molar-refractivity contribution < 1.29 is 9.53 Å². The Morgan fingerprint density at radius 1 is 1.25 bits per heavy atom. The molecule has 0 radical (unpaired) electrons. The van der Waals surface area contributed by atoms with E-state index >= 15 is 0 Å². The van der Waals surface area contributed by atoms with Gasteiger partial charge in [-0.25, -0.2) is 4.79 Å². The number of hydrogen-bond donors (Lipinski definition) is 1. The second-order valence-electron chi connectivity index (χ2n) is 5.12. The van der Waals surface area contributed by atoms with Gasteiger partial charge in [-0.05, 0) is 29.8 Å². The van der Waals surface area contributed by atoms with Crippen LogP contribution in [0.15, 0.2) is 42.5 Å². The zero-order valence-electron chi connectivity index (χ0n) is 11.5. The number of hydrogen-bond acceptors (Lipinski definition) is 2. The van der Waals surface area contributed by atoms with Gasteiger partial charge in [-0.3, -0.25) is 0 Å². The largest absolute Gasteiger partial charge is 0.375 e. The Balaban J connectivity index is 1.73. The molecule has 1 atom stereocenters. The molecule has 1 heterocycles. The fourth-order valence-electron chi connectivity index (χ4n) is 2.47. The van der Waals surface area contributed by atoms with Gasteiger partial charge in [0.15, 0.2) is 0 Å². The molecule has 0 aliphatic carbocycles. The lowest BCUT2D eigenvalue weighted by atomic mass is 10.1. The Morgan fingerprint density at radius 2 is 2.05 bits per heavy atom. The monoisotopic (exact) mass is 270 g/mol. The van der Waals surface area contributed by atoms with E-state index in [9.17, 15) is 4.79 Å².